The van der Waals surface area contributed by atoms with E-state index in [1.165, 1.54) is 6.07 Å². The predicted octanol–water partition coefficient (Wildman–Crippen LogP) is 4.39. The van der Waals surface area contributed by atoms with Crippen molar-refractivity contribution >= 4 is 17.3 Å². The van der Waals surface area contributed by atoms with Crippen LogP contribution in [-0.4, -0.2) is 4.92 Å². The van der Waals surface area contributed by atoms with Crippen molar-refractivity contribution < 1.29 is 9.66 Å². The molecule has 104 valence electrons. The Morgan fingerprint density at radius 1 is 1.20 bits per heavy atom. The van der Waals surface area contributed by atoms with Gasteiger partial charge in [-0.2, -0.15) is 0 Å². The number of hydrogen-bond donors (Lipinski definition) is 0. The van der Waals surface area contributed by atoms with Gasteiger partial charge in [0.15, 0.2) is 0 Å². The van der Waals surface area contributed by atoms with Crippen LogP contribution in [0.5, 0.6) is 5.75 Å². The Kier molecular flexibility index (Phi) is 4.58. The van der Waals surface area contributed by atoms with Crippen molar-refractivity contribution in [2.75, 3.05) is 0 Å². The number of nitro benzene ring substituents is 1. The molecule has 0 heterocycles. The minimum atomic E-state index is -0.448. The second-order valence-electron chi connectivity index (χ2n) is 4.24. The molecule has 2 aromatic carbocycles. The monoisotopic (exact) mass is 291 g/mol. The Hall–Kier alpha value is -2.07. The summed E-state index contributed by atoms with van der Waals surface area (Å²) in [6, 6.07) is 12.2. The van der Waals surface area contributed by atoms with Gasteiger partial charge in [-0.05, 0) is 24.1 Å². The molecule has 0 aliphatic rings. The molecule has 0 unspecified atom stereocenters. The van der Waals surface area contributed by atoms with Crippen molar-refractivity contribution in [3.05, 3.63) is 68.7 Å². The summed E-state index contributed by atoms with van der Waals surface area (Å²) in [5.41, 5.74) is 1.43. The van der Waals surface area contributed by atoms with Crippen LogP contribution in [0.3, 0.4) is 0 Å². The first-order valence-electron chi connectivity index (χ1n) is 6.26. The zero-order chi connectivity index (χ0) is 14.5. The minimum absolute atomic E-state index is 0.0218. The van der Waals surface area contributed by atoms with E-state index in [-0.39, 0.29) is 12.3 Å². The maximum Gasteiger partial charge on any atom is 0.277 e. The second kappa shape index (κ2) is 6.39. The van der Waals surface area contributed by atoms with Gasteiger partial charge in [0.1, 0.15) is 12.4 Å². The van der Waals surface area contributed by atoms with Gasteiger partial charge in [-0.15, -0.1) is 0 Å². The molecule has 4 nitrogen and oxygen atoms in total. The fraction of sp³-hybridized carbons (Fsp3) is 0.200. The van der Waals surface area contributed by atoms with E-state index >= 15 is 0 Å². The summed E-state index contributed by atoms with van der Waals surface area (Å²) >= 11 is 6.03. The Morgan fingerprint density at radius 3 is 2.65 bits per heavy atom. The zero-order valence-electron chi connectivity index (χ0n) is 11.0. The molecule has 0 fully saturated rings. The number of halogens is 1. The molecule has 0 saturated carbocycles. The molecule has 0 aromatic heterocycles. The summed E-state index contributed by atoms with van der Waals surface area (Å²) in [5.74, 6) is 0.726. The molecular formula is C15H14ClNO3. The SMILES string of the molecule is CCc1ccccc1OCc1c(Cl)cccc1[N+](=O)[O-]. The van der Waals surface area contributed by atoms with Crippen LogP contribution < -0.4 is 4.74 Å². The first kappa shape index (κ1) is 14.3. The summed E-state index contributed by atoms with van der Waals surface area (Å²) in [7, 11) is 0. The van der Waals surface area contributed by atoms with E-state index in [1.807, 2.05) is 31.2 Å². The molecule has 0 atom stereocenters. The number of nitro groups is 1. The standard InChI is InChI=1S/C15H14ClNO3/c1-2-11-6-3-4-9-15(11)20-10-12-13(16)7-5-8-14(12)17(18)19/h3-9H,2,10H2,1H3. The number of benzene rings is 2. The van der Waals surface area contributed by atoms with Crippen molar-refractivity contribution in [1.82, 2.24) is 0 Å². The molecule has 0 aliphatic heterocycles. The van der Waals surface area contributed by atoms with Gasteiger partial charge in [0, 0.05) is 6.07 Å². The summed E-state index contributed by atoms with van der Waals surface area (Å²) in [4.78, 5) is 10.6. The lowest BCUT2D eigenvalue weighted by Crippen LogP contribution is -2.02. The van der Waals surface area contributed by atoms with Crippen molar-refractivity contribution in [3.8, 4) is 5.75 Å². The van der Waals surface area contributed by atoms with E-state index in [2.05, 4.69) is 0 Å². The molecule has 0 N–H and O–H groups in total. The Balaban J connectivity index is 2.25. The summed E-state index contributed by atoms with van der Waals surface area (Å²) in [5, 5.41) is 11.3. The van der Waals surface area contributed by atoms with E-state index in [0.717, 1.165) is 17.7 Å². The highest BCUT2D eigenvalue weighted by atomic mass is 35.5. The van der Waals surface area contributed by atoms with E-state index < -0.39 is 4.92 Å². The topological polar surface area (TPSA) is 52.4 Å². The van der Waals surface area contributed by atoms with E-state index in [4.69, 9.17) is 16.3 Å². The maximum atomic E-state index is 11.0. The largest absolute Gasteiger partial charge is 0.488 e. The molecule has 0 aliphatic carbocycles. The lowest BCUT2D eigenvalue weighted by molar-refractivity contribution is -0.385. The van der Waals surface area contributed by atoms with Crippen LogP contribution in [-0.2, 0) is 13.0 Å². The first-order chi connectivity index (χ1) is 9.63. The molecule has 0 bridgehead atoms. The summed E-state index contributed by atoms with van der Waals surface area (Å²) < 4.78 is 5.70. The van der Waals surface area contributed by atoms with Crippen molar-refractivity contribution in [2.24, 2.45) is 0 Å². The molecule has 5 heteroatoms. The average molecular weight is 292 g/mol. The van der Waals surface area contributed by atoms with Crippen molar-refractivity contribution in [2.45, 2.75) is 20.0 Å². The van der Waals surface area contributed by atoms with Gasteiger partial charge in [-0.3, -0.25) is 10.1 Å². The molecule has 0 saturated heterocycles. The van der Waals surface area contributed by atoms with Crippen LogP contribution in [0.25, 0.3) is 0 Å². The highest BCUT2D eigenvalue weighted by Crippen LogP contribution is 2.28. The fourth-order valence-electron chi connectivity index (χ4n) is 1.95. The lowest BCUT2D eigenvalue weighted by atomic mass is 10.1. The maximum absolute atomic E-state index is 11.0. The first-order valence-corrected chi connectivity index (χ1v) is 6.63. The van der Waals surface area contributed by atoms with E-state index in [9.17, 15) is 10.1 Å². The Labute approximate surface area is 122 Å². The Bertz CT molecular complexity index is 628. The van der Waals surface area contributed by atoms with Gasteiger partial charge in [-0.25, -0.2) is 0 Å². The average Bonchev–Trinajstić information content (AvgIpc) is 2.46. The van der Waals surface area contributed by atoms with Crippen LogP contribution >= 0.6 is 11.6 Å². The molecule has 2 rings (SSSR count). The third kappa shape index (κ3) is 3.08. The van der Waals surface area contributed by atoms with Crippen LogP contribution in [0.15, 0.2) is 42.5 Å². The molecule has 0 radical (unpaired) electrons. The number of nitrogens with zero attached hydrogens (tertiary/aromatic N) is 1. The third-order valence-corrected chi connectivity index (χ3v) is 3.37. The molecule has 0 amide bonds. The van der Waals surface area contributed by atoms with Gasteiger partial charge in [-0.1, -0.05) is 42.8 Å². The van der Waals surface area contributed by atoms with Crippen LogP contribution in [0, 0.1) is 10.1 Å². The highest BCUT2D eigenvalue weighted by Gasteiger charge is 2.17. The zero-order valence-corrected chi connectivity index (χ0v) is 11.8. The number of aryl methyl sites for hydroxylation is 1. The van der Waals surface area contributed by atoms with E-state index in [1.54, 1.807) is 12.1 Å². The number of rotatable bonds is 5. The number of ether oxygens (including phenoxy) is 1. The van der Waals surface area contributed by atoms with Gasteiger partial charge < -0.3 is 4.74 Å². The number of para-hydroxylation sites is 1. The quantitative estimate of drug-likeness (QED) is 0.606. The molecule has 0 spiro atoms. The van der Waals surface area contributed by atoms with Crippen molar-refractivity contribution in [1.29, 1.82) is 0 Å². The van der Waals surface area contributed by atoms with Crippen molar-refractivity contribution in [3.63, 3.8) is 0 Å². The third-order valence-electron chi connectivity index (χ3n) is 3.02. The van der Waals surface area contributed by atoms with Gasteiger partial charge in [0.2, 0.25) is 0 Å². The smallest absolute Gasteiger partial charge is 0.277 e. The number of hydrogen-bond acceptors (Lipinski definition) is 3. The lowest BCUT2D eigenvalue weighted by Gasteiger charge is -2.11. The van der Waals surface area contributed by atoms with E-state index in [0.29, 0.717) is 10.6 Å². The van der Waals surface area contributed by atoms with Gasteiger partial charge >= 0.3 is 0 Å². The normalized spacial score (nSPS) is 10.3. The van der Waals surface area contributed by atoms with Crippen LogP contribution in [0.2, 0.25) is 5.02 Å². The second-order valence-corrected chi connectivity index (χ2v) is 4.65. The molecule has 2 aromatic rings. The fourth-order valence-corrected chi connectivity index (χ4v) is 2.17. The molecular weight excluding hydrogens is 278 g/mol. The Morgan fingerprint density at radius 2 is 1.95 bits per heavy atom. The van der Waals surface area contributed by atoms with Crippen LogP contribution in [0.4, 0.5) is 5.69 Å². The van der Waals surface area contributed by atoms with Crippen LogP contribution in [0.1, 0.15) is 18.1 Å². The highest BCUT2D eigenvalue weighted by molar-refractivity contribution is 6.31. The predicted molar refractivity (Wildman–Crippen MR) is 78.3 cm³/mol. The van der Waals surface area contributed by atoms with Gasteiger partial charge in [0.05, 0.1) is 15.5 Å². The minimum Gasteiger partial charge on any atom is -0.488 e. The molecule has 20 heavy (non-hydrogen) atoms. The summed E-state index contributed by atoms with van der Waals surface area (Å²) in [6.07, 6.45) is 0.834. The summed E-state index contributed by atoms with van der Waals surface area (Å²) in [6.45, 7) is 2.10. The van der Waals surface area contributed by atoms with Gasteiger partial charge in [0.25, 0.3) is 5.69 Å².